The summed E-state index contributed by atoms with van der Waals surface area (Å²) in [5.41, 5.74) is 12.2. The van der Waals surface area contributed by atoms with Crippen molar-refractivity contribution in [2.45, 2.75) is 160 Å². The van der Waals surface area contributed by atoms with Gasteiger partial charge in [0.05, 0.1) is 18.9 Å². The lowest BCUT2D eigenvalue weighted by molar-refractivity contribution is -0.145. The molecule has 2 aliphatic heterocycles. The number of carbonyl (C=O) groups excluding carboxylic acids is 9. The third kappa shape index (κ3) is 18.5. The predicted octanol–water partition coefficient (Wildman–Crippen LogP) is -0.911. The van der Waals surface area contributed by atoms with E-state index in [4.69, 9.17) is 11.5 Å². The van der Waals surface area contributed by atoms with Crippen molar-refractivity contribution in [2.24, 2.45) is 29.2 Å². The van der Waals surface area contributed by atoms with Crippen LogP contribution in [0.3, 0.4) is 0 Å². The fraction of sp³-hybridized carbons (Fsp3) is 0.653. The Balaban J connectivity index is 1.83. The Bertz CT molecular complexity index is 2180. The number of carboxylic acid groups (broad SMARTS) is 2. The highest BCUT2D eigenvalue weighted by molar-refractivity contribution is 7.98. The lowest BCUT2D eigenvalue weighted by Crippen LogP contribution is -2.61. The molecule has 0 radical (unpaired) electrons. The van der Waals surface area contributed by atoms with Crippen molar-refractivity contribution in [3.63, 3.8) is 0 Å². The lowest BCUT2D eigenvalue weighted by Gasteiger charge is -2.32. The third-order valence-corrected chi connectivity index (χ3v) is 13.7. The van der Waals surface area contributed by atoms with Gasteiger partial charge in [-0.05, 0) is 86.0 Å². The van der Waals surface area contributed by atoms with Crippen molar-refractivity contribution >= 4 is 76.9 Å². The molecule has 25 heteroatoms. The van der Waals surface area contributed by atoms with Gasteiger partial charge in [0.25, 0.3) is 0 Å². The molecule has 24 nitrogen and oxygen atoms in total. The second-order valence-corrected chi connectivity index (χ2v) is 20.7. The number of amides is 9. The van der Waals surface area contributed by atoms with E-state index in [0.29, 0.717) is 37.0 Å². The number of rotatable bonds is 29. The van der Waals surface area contributed by atoms with E-state index in [0.717, 1.165) is 4.90 Å². The van der Waals surface area contributed by atoms with Crippen LogP contribution in [-0.2, 0) is 59.2 Å². The van der Waals surface area contributed by atoms with Crippen molar-refractivity contribution in [2.75, 3.05) is 25.1 Å². The van der Waals surface area contributed by atoms with Crippen LogP contribution in [0.15, 0.2) is 24.3 Å². The molecule has 0 unspecified atom stereocenters. The molecule has 2 aliphatic rings. The fourth-order valence-electron chi connectivity index (χ4n) is 8.74. The molecule has 3 rings (SSSR count). The standard InChI is InChI=1S/C49H76N10O14S/c1-8-27(6)40(49(72)73)57-46(69)39(26(4)5)56-45(68)36-12-10-19-59(36)48(71)34(23-37(51)61)55-42(65)31(21-25(2)3)52-43(66)32(24-38(62)63)53-44(67)35-11-9-18-58(35)47(70)33(22-28-13-15-29(60)16-14-28)54-41(64)30(50)17-20-74-7/h13-16,25-27,30-36,39-40,60H,8-12,17-24,50H2,1-7H3,(H2,51,61)(H,52,66)(H,53,67)(H,54,64)(H,55,65)(H,56,68)(H,57,69)(H,62,63)(H,72,73)/t27-,30-,31-,32-,33-,34-,35-,36-,39-,40-/m0/s1. The van der Waals surface area contributed by atoms with Crippen LogP contribution in [0.25, 0.3) is 0 Å². The maximum Gasteiger partial charge on any atom is 0.326 e. The molecule has 2 heterocycles. The minimum Gasteiger partial charge on any atom is -0.508 e. The van der Waals surface area contributed by atoms with Gasteiger partial charge in [-0.15, -0.1) is 0 Å². The summed E-state index contributed by atoms with van der Waals surface area (Å²) in [4.78, 5) is 150. The number of phenolic OH excluding ortho intramolecular Hbond substituents is 1. The van der Waals surface area contributed by atoms with Gasteiger partial charge in [-0.3, -0.25) is 47.9 Å². The van der Waals surface area contributed by atoms with Gasteiger partial charge in [0, 0.05) is 19.5 Å². The Kier molecular flexibility index (Phi) is 24.6. The molecule has 9 amide bonds. The Morgan fingerprint density at radius 2 is 1.20 bits per heavy atom. The second kappa shape index (κ2) is 29.4. The highest BCUT2D eigenvalue weighted by Crippen LogP contribution is 2.23. The summed E-state index contributed by atoms with van der Waals surface area (Å²) in [6, 6.07) is -5.96. The third-order valence-electron chi connectivity index (χ3n) is 13.0. The largest absolute Gasteiger partial charge is 0.508 e. The van der Waals surface area contributed by atoms with E-state index in [2.05, 4.69) is 31.9 Å². The number of carboxylic acids is 2. The molecule has 2 saturated heterocycles. The first-order valence-corrected chi connectivity index (χ1v) is 26.4. The molecular weight excluding hydrogens is 985 g/mol. The smallest absolute Gasteiger partial charge is 0.326 e. The summed E-state index contributed by atoms with van der Waals surface area (Å²) < 4.78 is 0. The molecule has 2 fully saturated rings. The average molecular weight is 1060 g/mol. The zero-order valence-electron chi connectivity index (χ0n) is 43.2. The number of aliphatic carboxylic acids is 2. The molecule has 10 atom stereocenters. The van der Waals surface area contributed by atoms with Crippen LogP contribution in [0.5, 0.6) is 5.75 Å². The number of carbonyl (C=O) groups is 11. The van der Waals surface area contributed by atoms with Crippen LogP contribution in [0.2, 0.25) is 0 Å². The van der Waals surface area contributed by atoms with Crippen LogP contribution in [0.1, 0.15) is 105 Å². The average Bonchev–Trinajstić information content (AvgIpc) is 4.04. The van der Waals surface area contributed by atoms with Crippen LogP contribution in [0, 0.1) is 17.8 Å². The molecule has 1 aromatic rings. The topological polar surface area (TPSA) is 379 Å². The van der Waals surface area contributed by atoms with E-state index in [1.165, 1.54) is 28.8 Å². The maximum atomic E-state index is 14.2. The van der Waals surface area contributed by atoms with Gasteiger partial charge in [-0.1, -0.05) is 60.1 Å². The minimum absolute atomic E-state index is 0.00265. The molecule has 0 aromatic heterocycles. The number of primary amides is 1. The minimum atomic E-state index is -1.80. The second-order valence-electron chi connectivity index (χ2n) is 19.7. The predicted molar refractivity (Wildman–Crippen MR) is 271 cm³/mol. The van der Waals surface area contributed by atoms with E-state index in [9.17, 15) is 68.1 Å². The van der Waals surface area contributed by atoms with Crippen molar-refractivity contribution in [1.82, 2.24) is 41.7 Å². The molecule has 0 saturated carbocycles. The van der Waals surface area contributed by atoms with E-state index in [-0.39, 0.29) is 50.4 Å². The number of nitrogens with zero attached hydrogens (tertiary/aromatic N) is 2. The van der Waals surface area contributed by atoms with Gasteiger partial charge >= 0.3 is 11.9 Å². The quantitative estimate of drug-likeness (QED) is 0.0463. The number of aromatic hydroxyl groups is 1. The van der Waals surface area contributed by atoms with Crippen LogP contribution in [0.4, 0.5) is 0 Å². The Hall–Kier alpha value is -6.50. The zero-order valence-corrected chi connectivity index (χ0v) is 44.0. The highest BCUT2D eigenvalue weighted by Gasteiger charge is 2.43. The number of nitrogens with two attached hydrogens (primary N) is 2. The van der Waals surface area contributed by atoms with Gasteiger partial charge in [0.15, 0.2) is 0 Å². The SMILES string of the molecule is CC[C@H](C)[C@H](NC(=O)[C@@H](NC(=O)[C@@H]1CCCN1C(=O)[C@H](CC(N)=O)NC(=O)[C@H](CC(C)C)NC(=O)[C@H](CC(=O)O)NC(=O)[C@@H]1CCCN1C(=O)[C@H](Cc1ccc(O)cc1)NC(=O)[C@@H](N)CCSC)C(C)C)C(=O)O. The first-order valence-electron chi connectivity index (χ1n) is 25.0. The molecule has 412 valence electrons. The maximum absolute atomic E-state index is 14.2. The summed E-state index contributed by atoms with van der Waals surface area (Å²) in [7, 11) is 0. The van der Waals surface area contributed by atoms with E-state index in [1.807, 2.05) is 6.26 Å². The Labute approximate surface area is 435 Å². The van der Waals surface area contributed by atoms with Crippen molar-refractivity contribution in [3.8, 4) is 5.75 Å². The highest BCUT2D eigenvalue weighted by atomic mass is 32.2. The monoisotopic (exact) mass is 1060 g/mol. The summed E-state index contributed by atoms with van der Waals surface area (Å²) in [6.07, 6.45) is 1.69. The Morgan fingerprint density at radius 3 is 1.70 bits per heavy atom. The van der Waals surface area contributed by atoms with E-state index < -0.39 is 144 Å². The van der Waals surface area contributed by atoms with Gasteiger partial charge in [-0.2, -0.15) is 11.8 Å². The van der Waals surface area contributed by atoms with Crippen molar-refractivity contribution in [1.29, 1.82) is 0 Å². The number of phenols is 1. The molecule has 0 spiro atoms. The molecule has 0 bridgehead atoms. The molecule has 74 heavy (non-hydrogen) atoms. The van der Waals surface area contributed by atoms with Gasteiger partial charge in [0.2, 0.25) is 53.2 Å². The first kappa shape index (κ1) is 61.8. The van der Waals surface area contributed by atoms with Gasteiger partial charge in [0.1, 0.15) is 54.1 Å². The summed E-state index contributed by atoms with van der Waals surface area (Å²) in [5, 5.41) is 44.7. The first-order chi connectivity index (χ1) is 34.8. The summed E-state index contributed by atoms with van der Waals surface area (Å²) >= 11 is 1.48. The van der Waals surface area contributed by atoms with Crippen LogP contribution >= 0.6 is 11.8 Å². The number of hydrogen-bond donors (Lipinski definition) is 11. The number of nitrogens with one attached hydrogen (secondary N) is 6. The van der Waals surface area contributed by atoms with Crippen LogP contribution in [-0.4, -0.2) is 170 Å². The van der Waals surface area contributed by atoms with Crippen molar-refractivity contribution < 1.29 is 68.1 Å². The lowest BCUT2D eigenvalue weighted by atomic mass is 9.97. The number of likely N-dealkylation sites (tertiary alicyclic amines) is 2. The fourth-order valence-corrected chi connectivity index (χ4v) is 9.23. The zero-order chi connectivity index (χ0) is 55.6. The summed E-state index contributed by atoms with van der Waals surface area (Å²) in [6.45, 7) is 10.2. The van der Waals surface area contributed by atoms with E-state index >= 15 is 0 Å². The number of benzene rings is 1. The van der Waals surface area contributed by atoms with Gasteiger partial charge < -0.3 is 68.5 Å². The molecule has 1 aromatic carbocycles. The van der Waals surface area contributed by atoms with Crippen LogP contribution < -0.4 is 43.4 Å². The van der Waals surface area contributed by atoms with E-state index in [1.54, 1.807) is 53.7 Å². The summed E-state index contributed by atoms with van der Waals surface area (Å²) in [5.74, 6) is -11.1. The van der Waals surface area contributed by atoms with Crippen molar-refractivity contribution in [3.05, 3.63) is 29.8 Å². The molecule has 13 N–H and O–H groups in total. The Morgan fingerprint density at radius 1 is 0.676 bits per heavy atom. The van der Waals surface area contributed by atoms with Gasteiger partial charge in [-0.25, -0.2) is 4.79 Å². The number of hydrogen-bond acceptors (Lipinski definition) is 14. The normalized spacial score (nSPS) is 18.7. The molecule has 0 aliphatic carbocycles. The number of thioether (sulfide) groups is 1. The molecular formula is C49H76N10O14S.